The molecule has 0 aliphatic rings. The summed E-state index contributed by atoms with van der Waals surface area (Å²) in [5.74, 6) is -2.54. The average molecular weight is 727 g/mol. The summed E-state index contributed by atoms with van der Waals surface area (Å²) in [5, 5.41) is 10.8. The van der Waals surface area contributed by atoms with E-state index >= 15 is 0 Å². The fraction of sp³-hybridized carbons (Fsp3) is 0.553. The first-order chi connectivity index (χ1) is 23.6. The molecule has 0 heterocycles. The van der Waals surface area contributed by atoms with Crippen molar-refractivity contribution in [2.75, 3.05) is 5.32 Å². The van der Waals surface area contributed by atoms with Crippen molar-refractivity contribution in [2.24, 2.45) is 5.92 Å². The molecule has 0 aliphatic carbocycles. The number of amides is 4. The molecule has 4 N–H and O–H groups in total. The highest BCUT2D eigenvalue weighted by Crippen LogP contribution is 2.37. The molecule has 0 saturated carbocycles. The zero-order chi connectivity index (χ0) is 38.6. The Morgan fingerprint density at radius 2 is 1.33 bits per heavy atom. The highest BCUT2D eigenvalue weighted by atomic mass is 28.4. The molecule has 12 nitrogen and oxygen atoms in total. The summed E-state index contributed by atoms with van der Waals surface area (Å²) >= 11 is 0. The Morgan fingerprint density at radius 3 is 1.88 bits per heavy atom. The van der Waals surface area contributed by atoms with Crippen molar-refractivity contribution in [3.8, 4) is 0 Å². The van der Waals surface area contributed by atoms with Gasteiger partial charge in [0.25, 0.3) is 0 Å². The van der Waals surface area contributed by atoms with Gasteiger partial charge in [0.2, 0.25) is 17.7 Å². The molecular formula is C38H58N4O8Si. The summed E-state index contributed by atoms with van der Waals surface area (Å²) in [6.45, 7) is 21.6. The number of esters is 1. The van der Waals surface area contributed by atoms with Crippen LogP contribution >= 0.6 is 0 Å². The molecule has 0 radical (unpaired) electrons. The van der Waals surface area contributed by atoms with E-state index in [-0.39, 0.29) is 30.4 Å². The van der Waals surface area contributed by atoms with Crippen molar-refractivity contribution in [1.29, 1.82) is 0 Å². The Morgan fingerprint density at radius 1 is 0.745 bits per heavy atom. The number of hydrogen-bond donors (Lipinski definition) is 4. The molecule has 4 amide bonds. The highest BCUT2D eigenvalue weighted by Gasteiger charge is 2.37. The fourth-order valence-electron chi connectivity index (χ4n) is 4.37. The molecule has 2 aromatic rings. The number of benzene rings is 2. The Kier molecular flexibility index (Phi) is 15.9. The quantitative estimate of drug-likeness (QED) is 0.117. The maximum absolute atomic E-state index is 13.2. The normalized spacial score (nSPS) is 13.7. The zero-order valence-corrected chi connectivity index (χ0v) is 33.1. The minimum atomic E-state index is -1.90. The molecule has 2 rings (SSSR count). The largest absolute Gasteiger partial charge is 0.459 e. The van der Waals surface area contributed by atoms with Gasteiger partial charge in [0.05, 0.1) is 6.61 Å². The van der Waals surface area contributed by atoms with Gasteiger partial charge in [-0.25, -0.2) is 9.59 Å². The smallest absolute Gasteiger partial charge is 0.408 e. The van der Waals surface area contributed by atoms with Crippen LogP contribution in [0.5, 0.6) is 0 Å². The Hall–Kier alpha value is -4.23. The SMILES string of the molecule is CC(C)[C@H](NC(=O)CC[C@H](NC(=O)OC(C)(C)C)C(=O)OCc1ccccc1)C(=O)N[C@@H](C)C(=O)Nc1ccc(CO[Si](C)(C)C(C)(C)C)cc1. The Bertz CT molecular complexity index is 1470. The van der Waals surface area contributed by atoms with E-state index in [4.69, 9.17) is 13.9 Å². The molecule has 13 heteroatoms. The van der Waals surface area contributed by atoms with Crippen LogP contribution in [0.4, 0.5) is 10.5 Å². The van der Waals surface area contributed by atoms with Gasteiger partial charge >= 0.3 is 12.1 Å². The van der Waals surface area contributed by atoms with E-state index in [0.717, 1.165) is 11.1 Å². The van der Waals surface area contributed by atoms with Crippen LogP contribution in [0.25, 0.3) is 0 Å². The number of carbonyl (C=O) groups excluding carboxylic acids is 5. The van der Waals surface area contributed by atoms with Gasteiger partial charge in [-0.1, -0.05) is 77.1 Å². The van der Waals surface area contributed by atoms with Gasteiger partial charge in [0.15, 0.2) is 8.32 Å². The third kappa shape index (κ3) is 15.3. The number of hydrogen-bond acceptors (Lipinski definition) is 8. The lowest BCUT2D eigenvalue weighted by atomic mass is 10.0. The van der Waals surface area contributed by atoms with Crippen LogP contribution < -0.4 is 21.3 Å². The lowest BCUT2D eigenvalue weighted by Gasteiger charge is -2.36. The monoisotopic (exact) mass is 726 g/mol. The number of carbonyl (C=O) groups is 5. The molecule has 0 fully saturated rings. The minimum absolute atomic E-state index is 0.0165. The lowest BCUT2D eigenvalue weighted by Crippen LogP contribution is -2.54. The van der Waals surface area contributed by atoms with Gasteiger partial charge in [0.1, 0.15) is 30.3 Å². The van der Waals surface area contributed by atoms with Crippen LogP contribution in [0.3, 0.4) is 0 Å². The molecule has 3 atom stereocenters. The van der Waals surface area contributed by atoms with Crippen molar-refractivity contribution < 1.29 is 37.9 Å². The predicted molar refractivity (Wildman–Crippen MR) is 200 cm³/mol. The average Bonchev–Trinajstić information content (AvgIpc) is 3.02. The van der Waals surface area contributed by atoms with Crippen molar-refractivity contribution >= 4 is 43.8 Å². The van der Waals surface area contributed by atoms with E-state index in [1.165, 1.54) is 0 Å². The van der Waals surface area contributed by atoms with Gasteiger partial charge in [-0.3, -0.25) is 14.4 Å². The zero-order valence-electron chi connectivity index (χ0n) is 32.1. The summed E-state index contributed by atoms with van der Waals surface area (Å²) in [6.07, 6.45) is -1.14. The first kappa shape index (κ1) is 42.9. The van der Waals surface area contributed by atoms with Gasteiger partial charge < -0.3 is 35.2 Å². The van der Waals surface area contributed by atoms with Crippen molar-refractivity contribution in [1.82, 2.24) is 16.0 Å². The number of nitrogens with one attached hydrogen (secondary N) is 4. The molecule has 0 aliphatic heterocycles. The van der Waals surface area contributed by atoms with Crippen LogP contribution in [0.15, 0.2) is 54.6 Å². The number of rotatable bonds is 16. The highest BCUT2D eigenvalue weighted by molar-refractivity contribution is 6.74. The van der Waals surface area contributed by atoms with E-state index in [0.29, 0.717) is 12.3 Å². The fourth-order valence-corrected chi connectivity index (χ4v) is 5.33. The Labute approximate surface area is 304 Å². The predicted octanol–water partition coefficient (Wildman–Crippen LogP) is 6.21. The molecule has 51 heavy (non-hydrogen) atoms. The molecule has 0 spiro atoms. The van der Waals surface area contributed by atoms with E-state index < -0.39 is 61.8 Å². The third-order valence-corrected chi connectivity index (χ3v) is 13.0. The van der Waals surface area contributed by atoms with E-state index in [1.807, 2.05) is 30.3 Å². The number of alkyl carbamates (subject to hydrolysis) is 1. The minimum Gasteiger partial charge on any atom is -0.459 e. The van der Waals surface area contributed by atoms with Crippen LogP contribution in [0, 0.1) is 5.92 Å². The maximum atomic E-state index is 13.2. The standard InChI is InChI=1S/C38H58N4O8Si/c1-25(2)32(34(45)39-26(3)33(44)40-29-19-17-28(18-20-29)24-49-51(10,11)38(7,8)9)42-31(43)22-21-30(41-36(47)50-37(4,5)6)35(46)48-23-27-15-13-12-14-16-27/h12-20,25-26,30,32H,21-24H2,1-11H3,(H,39,45)(H,40,44)(H,41,47)(H,42,43)/t26-,30-,32-/m0/s1. The summed E-state index contributed by atoms with van der Waals surface area (Å²) in [7, 11) is -1.90. The number of ether oxygens (including phenoxy) is 2. The second kappa shape index (κ2) is 18.8. The van der Waals surface area contributed by atoms with Crippen LogP contribution in [-0.2, 0) is 46.3 Å². The van der Waals surface area contributed by atoms with E-state index in [2.05, 4.69) is 55.1 Å². The third-order valence-electron chi connectivity index (χ3n) is 8.50. The van der Waals surface area contributed by atoms with Gasteiger partial charge in [-0.05, 0) is 81.4 Å². The second-order valence-corrected chi connectivity index (χ2v) is 20.4. The maximum Gasteiger partial charge on any atom is 0.408 e. The molecule has 0 bridgehead atoms. The first-order valence-corrected chi connectivity index (χ1v) is 20.3. The molecule has 0 aromatic heterocycles. The van der Waals surface area contributed by atoms with Crippen LogP contribution in [0.2, 0.25) is 18.1 Å². The lowest BCUT2D eigenvalue weighted by molar-refractivity contribution is -0.147. The number of anilines is 1. The summed E-state index contributed by atoms with van der Waals surface area (Å²) in [4.78, 5) is 64.7. The summed E-state index contributed by atoms with van der Waals surface area (Å²) in [6, 6.07) is 13.4. The molecule has 0 saturated heterocycles. The van der Waals surface area contributed by atoms with Gasteiger partial charge in [-0.2, -0.15) is 0 Å². The van der Waals surface area contributed by atoms with Crippen LogP contribution in [-0.4, -0.2) is 61.8 Å². The summed E-state index contributed by atoms with van der Waals surface area (Å²) in [5.41, 5.74) is 1.51. The Balaban J connectivity index is 1.96. The topological polar surface area (TPSA) is 161 Å². The van der Waals surface area contributed by atoms with Gasteiger partial charge in [0, 0.05) is 12.1 Å². The van der Waals surface area contributed by atoms with E-state index in [9.17, 15) is 24.0 Å². The first-order valence-electron chi connectivity index (χ1n) is 17.4. The summed E-state index contributed by atoms with van der Waals surface area (Å²) < 4.78 is 17.0. The van der Waals surface area contributed by atoms with Crippen molar-refractivity contribution in [2.45, 2.75) is 130 Å². The molecule has 0 unspecified atom stereocenters. The molecule has 2 aromatic carbocycles. The molecule has 282 valence electrons. The second-order valence-electron chi connectivity index (χ2n) is 15.6. The van der Waals surface area contributed by atoms with Crippen molar-refractivity contribution in [3.05, 3.63) is 65.7 Å². The van der Waals surface area contributed by atoms with E-state index in [1.54, 1.807) is 65.8 Å². The molecular weight excluding hydrogens is 669 g/mol. The van der Waals surface area contributed by atoms with Crippen LogP contribution in [0.1, 0.15) is 86.3 Å². The van der Waals surface area contributed by atoms with Crippen molar-refractivity contribution in [3.63, 3.8) is 0 Å². The van der Waals surface area contributed by atoms with Gasteiger partial charge in [-0.15, -0.1) is 0 Å².